The quantitative estimate of drug-likeness (QED) is 0.251. The summed E-state index contributed by atoms with van der Waals surface area (Å²) in [7, 11) is 0. The van der Waals surface area contributed by atoms with Crippen molar-refractivity contribution in [2.45, 2.75) is 32.1 Å². The monoisotopic (exact) mass is 603 g/mol. The van der Waals surface area contributed by atoms with Crippen molar-refractivity contribution in [2.24, 2.45) is 0 Å². The maximum Gasteiger partial charge on any atom is 0.416 e. The first kappa shape index (κ1) is 29.4. The molecule has 9 nitrogen and oxygen atoms in total. The van der Waals surface area contributed by atoms with Crippen molar-refractivity contribution in [3.05, 3.63) is 112 Å². The maximum absolute atomic E-state index is 13.6. The van der Waals surface area contributed by atoms with Crippen molar-refractivity contribution >= 4 is 16.6 Å². The van der Waals surface area contributed by atoms with E-state index in [9.17, 15) is 18.0 Å². The Labute approximate surface area is 251 Å². The molecular weight excluding hydrogens is 571 g/mol. The van der Waals surface area contributed by atoms with Crippen LogP contribution in [0.15, 0.2) is 83.7 Å². The number of ether oxygens (including phenoxy) is 1. The number of nitrogens with zero attached hydrogens (tertiary/aromatic N) is 6. The summed E-state index contributed by atoms with van der Waals surface area (Å²) in [5.41, 5.74) is 1.86. The molecule has 6 rings (SSSR count). The van der Waals surface area contributed by atoms with Crippen LogP contribution in [0.4, 0.5) is 18.9 Å². The Morgan fingerprint density at radius 1 is 0.955 bits per heavy atom. The van der Waals surface area contributed by atoms with Crippen LogP contribution in [-0.2, 0) is 19.1 Å². The molecule has 3 heterocycles. The Balaban J connectivity index is 1.34. The first-order valence-corrected chi connectivity index (χ1v) is 14.6. The molecule has 1 aliphatic heterocycles. The predicted octanol–water partition coefficient (Wildman–Crippen LogP) is 5.09. The first-order chi connectivity index (χ1) is 21.3. The second-order valence-corrected chi connectivity index (χ2v) is 10.7. The predicted molar refractivity (Wildman–Crippen MR) is 161 cm³/mol. The van der Waals surface area contributed by atoms with E-state index < -0.39 is 17.8 Å². The number of piperazine rings is 1. The molecule has 3 aromatic carbocycles. The molecule has 0 radical (unpaired) electrons. The molecular formula is C32H32F3N7O2. The Kier molecular flexibility index (Phi) is 8.34. The van der Waals surface area contributed by atoms with E-state index >= 15 is 0 Å². The van der Waals surface area contributed by atoms with Gasteiger partial charge in [0.25, 0.3) is 5.56 Å². The normalized spacial score (nSPS) is 15.0. The minimum absolute atomic E-state index is 0.260. The van der Waals surface area contributed by atoms with Gasteiger partial charge in [0.05, 0.1) is 12.2 Å². The van der Waals surface area contributed by atoms with Gasteiger partial charge in [0.2, 0.25) is 0 Å². The van der Waals surface area contributed by atoms with Gasteiger partial charge in [-0.1, -0.05) is 36.4 Å². The van der Waals surface area contributed by atoms with Crippen molar-refractivity contribution in [1.82, 2.24) is 30.1 Å². The summed E-state index contributed by atoms with van der Waals surface area (Å²) in [6.07, 6.45) is -3.72. The number of H-pyrrole nitrogens is 1. The number of tetrazole rings is 1. The highest BCUT2D eigenvalue weighted by molar-refractivity contribution is 5.80. The summed E-state index contributed by atoms with van der Waals surface area (Å²) in [5, 5.41) is 13.5. The molecule has 228 valence electrons. The van der Waals surface area contributed by atoms with E-state index in [2.05, 4.69) is 25.4 Å². The van der Waals surface area contributed by atoms with Gasteiger partial charge in [0.15, 0.2) is 5.82 Å². The largest absolute Gasteiger partial charge is 0.494 e. The minimum atomic E-state index is -4.42. The van der Waals surface area contributed by atoms with Crippen molar-refractivity contribution in [2.75, 3.05) is 37.7 Å². The first-order valence-electron chi connectivity index (χ1n) is 14.6. The van der Waals surface area contributed by atoms with Crippen molar-refractivity contribution in [1.29, 1.82) is 0 Å². The smallest absolute Gasteiger partial charge is 0.416 e. The molecule has 1 N–H and O–H groups in total. The van der Waals surface area contributed by atoms with E-state index in [0.717, 1.165) is 17.0 Å². The Morgan fingerprint density at radius 2 is 1.75 bits per heavy atom. The number of aromatic nitrogens is 5. The fraction of sp³-hybridized carbons (Fsp3) is 0.312. The number of hydrogen-bond acceptors (Lipinski definition) is 7. The highest BCUT2D eigenvalue weighted by Gasteiger charge is 2.34. The molecule has 1 saturated heterocycles. The summed E-state index contributed by atoms with van der Waals surface area (Å²) in [5.74, 6) is 1.22. The molecule has 5 aromatic rings. The lowest BCUT2D eigenvalue weighted by atomic mass is 10.0. The fourth-order valence-corrected chi connectivity index (χ4v) is 5.72. The molecule has 1 fully saturated rings. The highest BCUT2D eigenvalue weighted by Crippen LogP contribution is 2.33. The van der Waals surface area contributed by atoms with Gasteiger partial charge in [-0.15, -0.1) is 5.10 Å². The van der Waals surface area contributed by atoms with E-state index in [-0.39, 0.29) is 5.56 Å². The van der Waals surface area contributed by atoms with Gasteiger partial charge in [-0.05, 0) is 71.8 Å². The van der Waals surface area contributed by atoms with E-state index in [4.69, 9.17) is 4.74 Å². The van der Waals surface area contributed by atoms with Gasteiger partial charge < -0.3 is 14.6 Å². The fourth-order valence-electron chi connectivity index (χ4n) is 5.72. The van der Waals surface area contributed by atoms with Crippen LogP contribution in [-0.4, -0.2) is 62.9 Å². The second kappa shape index (κ2) is 12.5. The van der Waals surface area contributed by atoms with Crippen LogP contribution in [0.3, 0.4) is 0 Å². The average molecular weight is 604 g/mol. The Bertz CT molecular complexity index is 1780. The van der Waals surface area contributed by atoms with Crippen LogP contribution in [0.25, 0.3) is 10.9 Å². The molecule has 0 saturated carbocycles. The highest BCUT2D eigenvalue weighted by atomic mass is 19.4. The van der Waals surface area contributed by atoms with Crippen LogP contribution < -0.4 is 15.2 Å². The summed E-state index contributed by atoms with van der Waals surface area (Å²) in [6, 6.07) is 22.2. The number of aromatic amines is 1. The third kappa shape index (κ3) is 6.30. The number of anilines is 1. The lowest BCUT2D eigenvalue weighted by Crippen LogP contribution is -2.49. The van der Waals surface area contributed by atoms with E-state index in [1.54, 1.807) is 10.7 Å². The molecule has 0 bridgehead atoms. The second-order valence-electron chi connectivity index (χ2n) is 10.7. The SMILES string of the molecule is CCOc1ccc2[nH]c(=O)c(C(c3nnnn3CCc3ccccc3)N3CCN(c4cccc(C(F)(F)F)c4)CC3)cc2c1. The summed E-state index contributed by atoms with van der Waals surface area (Å²) >= 11 is 0. The van der Waals surface area contributed by atoms with Crippen molar-refractivity contribution in [3.63, 3.8) is 0 Å². The number of fused-ring (bicyclic) bond motifs is 1. The van der Waals surface area contributed by atoms with Gasteiger partial charge in [-0.2, -0.15) is 13.2 Å². The number of rotatable bonds is 9. The van der Waals surface area contributed by atoms with E-state index in [0.29, 0.717) is 74.1 Å². The molecule has 1 aliphatic rings. The zero-order valence-electron chi connectivity index (χ0n) is 24.2. The molecule has 1 atom stereocenters. The lowest BCUT2D eigenvalue weighted by Gasteiger charge is -2.39. The zero-order chi connectivity index (χ0) is 30.7. The minimum Gasteiger partial charge on any atom is -0.494 e. The Hall–Kier alpha value is -4.71. The average Bonchev–Trinajstić information content (AvgIpc) is 3.49. The van der Waals surface area contributed by atoms with Crippen molar-refractivity contribution < 1.29 is 17.9 Å². The molecule has 0 amide bonds. The van der Waals surface area contributed by atoms with Crippen molar-refractivity contribution in [3.8, 4) is 5.75 Å². The number of alkyl halides is 3. The summed E-state index contributed by atoms with van der Waals surface area (Å²) in [4.78, 5) is 20.7. The van der Waals surface area contributed by atoms with Crippen LogP contribution in [0.1, 0.15) is 35.5 Å². The Morgan fingerprint density at radius 3 is 2.50 bits per heavy atom. The third-order valence-electron chi connectivity index (χ3n) is 7.93. The lowest BCUT2D eigenvalue weighted by molar-refractivity contribution is -0.137. The third-order valence-corrected chi connectivity index (χ3v) is 7.93. The van der Waals surface area contributed by atoms with Crippen LogP contribution in [0.5, 0.6) is 5.75 Å². The zero-order valence-corrected chi connectivity index (χ0v) is 24.2. The number of pyridine rings is 1. The number of hydrogen-bond donors (Lipinski definition) is 1. The van der Waals surface area contributed by atoms with Gasteiger partial charge in [0, 0.05) is 54.9 Å². The molecule has 0 aliphatic carbocycles. The molecule has 12 heteroatoms. The topological polar surface area (TPSA) is 92.2 Å². The number of aryl methyl sites for hydroxylation is 2. The van der Waals surface area contributed by atoms with Crippen LogP contribution >= 0.6 is 0 Å². The van der Waals surface area contributed by atoms with Gasteiger partial charge in [-0.3, -0.25) is 9.69 Å². The maximum atomic E-state index is 13.6. The summed E-state index contributed by atoms with van der Waals surface area (Å²) < 4.78 is 47.6. The van der Waals surface area contributed by atoms with Crippen LogP contribution in [0.2, 0.25) is 0 Å². The molecule has 2 aromatic heterocycles. The van der Waals surface area contributed by atoms with E-state index in [1.165, 1.54) is 12.1 Å². The van der Waals surface area contributed by atoms with Gasteiger partial charge >= 0.3 is 6.18 Å². The molecule has 0 spiro atoms. The number of halogens is 3. The van der Waals surface area contributed by atoms with Gasteiger partial charge in [0.1, 0.15) is 11.8 Å². The summed E-state index contributed by atoms with van der Waals surface area (Å²) in [6.45, 7) is 4.80. The standard InChI is InChI=1S/C32H32F3N7O2/c1-2-44-26-11-12-28-23(19-26)20-27(31(43)36-28)29(30-37-38-39-42(30)14-13-22-7-4-3-5-8-22)41-17-15-40(16-18-41)25-10-6-9-24(21-25)32(33,34)35/h3-12,19-21,29H,2,13-18H2,1H3,(H,36,43). The van der Waals surface area contributed by atoms with Crippen LogP contribution in [0, 0.1) is 0 Å². The van der Waals surface area contributed by atoms with Gasteiger partial charge in [-0.25, -0.2) is 4.68 Å². The van der Waals surface area contributed by atoms with E-state index in [1.807, 2.05) is 66.4 Å². The number of nitrogens with one attached hydrogen (secondary N) is 1. The molecule has 1 unspecified atom stereocenters. The molecule has 44 heavy (non-hydrogen) atoms. The number of benzene rings is 3.